The van der Waals surface area contributed by atoms with E-state index in [0.717, 1.165) is 80.1 Å². The highest BCUT2D eigenvalue weighted by Crippen LogP contribution is 2.50. The van der Waals surface area contributed by atoms with Gasteiger partial charge in [0.1, 0.15) is 0 Å². The third-order valence-corrected chi connectivity index (χ3v) is 8.01. The number of aromatic nitrogens is 1. The summed E-state index contributed by atoms with van der Waals surface area (Å²) < 4.78 is 80.2. The van der Waals surface area contributed by atoms with Crippen LogP contribution in [-0.4, -0.2) is 58.4 Å². The highest BCUT2D eigenvalue weighted by atomic mass is 19.4. The Kier molecular flexibility index (Phi) is 9.16. The van der Waals surface area contributed by atoms with Crippen molar-refractivity contribution in [3.8, 4) is 11.1 Å². The van der Waals surface area contributed by atoms with Crippen LogP contribution in [0.2, 0.25) is 0 Å². The number of aryl methyl sites for hydroxylation is 1. The quantitative estimate of drug-likeness (QED) is 0.287. The smallest absolute Gasteiger partial charge is 0.369 e. The summed E-state index contributed by atoms with van der Waals surface area (Å²) in [4.78, 5) is 8.87. The van der Waals surface area contributed by atoms with E-state index < -0.39 is 23.5 Å². The molecule has 1 fully saturated rings. The maximum Gasteiger partial charge on any atom is 0.430 e. The molecule has 1 atom stereocenters. The van der Waals surface area contributed by atoms with Crippen molar-refractivity contribution in [3.63, 3.8) is 0 Å². The Labute approximate surface area is 236 Å². The maximum atomic E-state index is 13.4. The lowest BCUT2D eigenvalue weighted by atomic mass is 9.84. The molecule has 0 radical (unpaired) electrons. The van der Waals surface area contributed by atoms with Gasteiger partial charge in [0.2, 0.25) is 0 Å². The van der Waals surface area contributed by atoms with Gasteiger partial charge in [0, 0.05) is 57.2 Å². The summed E-state index contributed by atoms with van der Waals surface area (Å²) in [6.45, 7) is 11.3. The summed E-state index contributed by atoms with van der Waals surface area (Å²) in [6.07, 6.45) is -7.44. The number of hydrogen-bond donors (Lipinski definition) is 1. The summed E-state index contributed by atoms with van der Waals surface area (Å²) in [6, 6.07) is 12.1. The van der Waals surface area contributed by atoms with Gasteiger partial charge in [-0.25, -0.2) is 0 Å². The van der Waals surface area contributed by atoms with Crippen LogP contribution < -0.4 is 0 Å². The molecule has 0 bridgehead atoms. The zero-order chi connectivity index (χ0) is 30.0. The van der Waals surface area contributed by atoms with E-state index >= 15 is 0 Å². The van der Waals surface area contributed by atoms with Gasteiger partial charge in [-0.05, 0) is 64.8 Å². The number of nitrogens with zero attached hydrogens (tertiary/aromatic N) is 3. The number of alkyl halides is 6. The molecule has 2 aromatic carbocycles. The van der Waals surface area contributed by atoms with Crippen molar-refractivity contribution in [1.29, 1.82) is 0 Å². The summed E-state index contributed by atoms with van der Waals surface area (Å²) in [5.41, 5.74) is -0.680. The van der Waals surface area contributed by atoms with E-state index in [9.17, 15) is 31.4 Å². The van der Waals surface area contributed by atoms with E-state index in [1.54, 1.807) is 12.4 Å². The predicted molar refractivity (Wildman–Crippen MR) is 146 cm³/mol. The minimum absolute atomic E-state index is 0.114. The SMILES string of the molecule is CCC(C)c1cc(CN2CCN(Cc3ccncc3)CC2)cc(C)c1-c1ccc(C(O)(C(F)(F)F)C(F)(F)F)cc1. The van der Waals surface area contributed by atoms with Crippen molar-refractivity contribution in [2.45, 2.75) is 64.2 Å². The van der Waals surface area contributed by atoms with Crippen LogP contribution in [0.3, 0.4) is 0 Å². The minimum atomic E-state index is -5.92. The zero-order valence-corrected chi connectivity index (χ0v) is 23.4. The number of piperazine rings is 1. The van der Waals surface area contributed by atoms with E-state index in [1.807, 2.05) is 32.0 Å². The summed E-state index contributed by atoms with van der Waals surface area (Å²) in [7, 11) is 0. The molecule has 4 nitrogen and oxygen atoms in total. The van der Waals surface area contributed by atoms with E-state index in [1.165, 1.54) is 17.7 Å². The Balaban J connectivity index is 1.56. The molecule has 1 aromatic heterocycles. The lowest BCUT2D eigenvalue weighted by Crippen LogP contribution is -2.53. The van der Waals surface area contributed by atoms with E-state index in [4.69, 9.17) is 0 Å². The van der Waals surface area contributed by atoms with Crippen molar-refractivity contribution in [3.05, 3.63) is 88.7 Å². The van der Waals surface area contributed by atoms with Gasteiger partial charge in [-0.15, -0.1) is 0 Å². The first-order valence-corrected chi connectivity index (χ1v) is 13.7. The molecule has 1 saturated heterocycles. The number of pyridine rings is 1. The van der Waals surface area contributed by atoms with Gasteiger partial charge in [-0.3, -0.25) is 14.8 Å². The van der Waals surface area contributed by atoms with Crippen LogP contribution in [-0.2, 0) is 18.7 Å². The highest BCUT2D eigenvalue weighted by Gasteiger charge is 2.71. The molecular weight excluding hydrogens is 544 g/mol. The monoisotopic (exact) mass is 579 g/mol. The Morgan fingerprint density at radius 3 is 1.80 bits per heavy atom. The summed E-state index contributed by atoms with van der Waals surface area (Å²) >= 11 is 0. The fourth-order valence-electron chi connectivity index (χ4n) is 5.46. The third-order valence-electron chi connectivity index (χ3n) is 8.01. The first-order valence-electron chi connectivity index (χ1n) is 13.7. The van der Waals surface area contributed by atoms with Crippen LogP contribution in [0.15, 0.2) is 60.9 Å². The normalized spacial score (nSPS) is 16.6. The van der Waals surface area contributed by atoms with Crippen LogP contribution in [0.25, 0.3) is 11.1 Å². The van der Waals surface area contributed by atoms with Gasteiger partial charge in [0.25, 0.3) is 5.60 Å². The largest absolute Gasteiger partial charge is 0.430 e. The van der Waals surface area contributed by atoms with Gasteiger partial charge in [-0.2, -0.15) is 26.3 Å². The zero-order valence-electron chi connectivity index (χ0n) is 23.4. The molecule has 4 rings (SSSR count). The van der Waals surface area contributed by atoms with E-state index in [0.29, 0.717) is 5.56 Å². The van der Waals surface area contributed by atoms with Crippen LogP contribution in [0, 0.1) is 6.92 Å². The van der Waals surface area contributed by atoms with Crippen LogP contribution in [0.1, 0.15) is 54.0 Å². The van der Waals surface area contributed by atoms with Crippen molar-refractivity contribution >= 4 is 0 Å². The van der Waals surface area contributed by atoms with Crippen molar-refractivity contribution in [1.82, 2.24) is 14.8 Å². The molecule has 0 aliphatic carbocycles. The molecule has 222 valence electrons. The maximum absolute atomic E-state index is 13.4. The average Bonchev–Trinajstić information content (AvgIpc) is 2.92. The lowest BCUT2D eigenvalue weighted by Gasteiger charge is -2.35. The fraction of sp³-hybridized carbons (Fsp3) is 0.452. The minimum Gasteiger partial charge on any atom is -0.369 e. The predicted octanol–water partition coefficient (Wildman–Crippen LogP) is 7.20. The Hall–Kier alpha value is -2.95. The Morgan fingerprint density at radius 1 is 0.805 bits per heavy atom. The van der Waals surface area contributed by atoms with Gasteiger partial charge in [0.15, 0.2) is 0 Å². The van der Waals surface area contributed by atoms with Crippen molar-refractivity contribution in [2.75, 3.05) is 26.2 Å². The second-order valence-corrected chi connectivity index (χ2v) is 10.9. The highest BCUT2D eigenvalue weighted by molar-refractivity contribution is 5.72. The fourth-order valence-corrected chi connectivity index (χ4v) is 5.46. The number of aliphatic hydroxyl groups is 1. The molecular formula is C31H35F6N3O. The molecule has 3 aromatic rings. The van der Waals surface area contributed by atoms with Crippen molar-refractivity contribution in [2.24, 2.45) is 0 Å². The molecule has 1 aliphatic heterocycles. The standard InChI is InChI=1S/C31H35F6N3O/c1-4-21(2)27-18-24(20-40-15-13-39(14-16-40)19-23-9-11-38-12-10-23)17-22(3)28(27)25-5-7-26(8-6-25)29(41,30(32,33)34)31(35,36)37/h5-12,17-18,21,41H,4,13-16,19-20H2,1-3H3. The van der Waals surface area contributed by atoms with Gasteiger partial charge < -0.3 is 5.11 Å². The van der Waals surface area contributed by atoms with Crippen LogP contribution in [0.5, 0.6) is 0 Å². The molecule has 0 saturated carbocycles. The number of halogens is 6. The van der Waals surface area contributed by atoms with Gasteiger partial charge in [-0.1, -0.05) is 50.2 Å². The lowest BCUT2D eigenvalue weighted by molar-refractivity contribution is -0.376. The van der Waals surface area contributed by atoms with E-state index in [2.05, 4.69) is 27.8 Å². The second-order valence-electron chi connectivity index (χ2n) is 10.9. The first kappa shape index (κ1) is 31.0. The van der Waals surface area contributed by atoms with Gasteiger partial charge >= 0.3 is 12.4 Å². The topological polar surface area (TPSA) is 39.6 Å². The molecule has 0 spiro atoms. The number of rotatable bonds is 8. The van der Waals surface area contributed by atoms with Gasteiger partial charge in [0.05, 0.1) is 0 Å². The second kappa shape index (κ2) is 12.1. The molecule has 10 heteroatoms. The molecule has 41 heavy (non-hydrogen) atoms. The van der Waals surface area contributed by atoms with E-state index in [-0.39, 0.29) is 5.92 Å². The summed E-state index contributed by atoms with van der Waals surface area (Å²) in [5, 5.41) is 9.77. The van der Waals surface area contributed by atoms with Crippen LogP contribution >= 0.6 is 0 Å². The first-order chi connectivity index (χ1) is 19.2. The van der Waals surface area contributed by atoms with Crippen LogP contribution in [0.4, 0.5) is 26.3 Å². The Morgan fingerprint density at radius 2 is 1.32 bits per heavy atom. The summed E-state index contributed by atoms with van der Waals surface area (Å²) in [5.74, 6) is 0.114. The molecule has 1 unspecified atom stereocenters. The van der Waals surface area contributed by atoms with Crippen molar-refractivity contribution < 1.29 is 31.4 Å². The average molecular weight is 580 g/mol. The molecule has 1 N–H and O–H groups in total. The number of benzene rings is 2. The molecule has 1 aliphatic rings. The third kappa shape index (κ3) is 6.60. The molecule has 2 heterocycles. The number of hydrogen-bond acceptors (Lipinski definition) is 4. The molecule has 0 amide bonds. The Bertz CT molecular complexity index is 1290.